The van der Waals surface area contributed by atoms with E-state index in [1.807, 2.05) is 37.3 Å². The number of aromatic nitrogens is 2. The zero-order valence-corrected chi connectivity index (χ0v) is 9.05. The molecule has 1 aromatic heterocycles. The molecule has 4 heteroatoms. The Morgan fingerprint density at radius 3 is 2.94 bits per heavy atom. The van der Waals surface area contributed by atoms with Crippen molar-refractivity contribution >= 4 is 0 Å². The molecule has 2 rings (SSSR count). The summed E-state index contributed by atoms with van der Waals surface area (Å²) in [5, 5.41) is 0. The first-order valence-electron chi connectivity index (χ1n) is 5.04. The van der Waals surface area contributed by atoms with Crippen molar-refractivity contribution in [3.63, 3.8) is 0 Å². The minimum Gasteiger partial charge on any atom is -0.424 e. The van der Waals surface area contributed by atoms with Gasteiger partial charge in [0, 0.05) is 18.4 Å². The standard InChI is InChI=1S/C12H13N3O/c1-9-5-6-14-12(15-9)16-11-4-2-3-10(7-11)8-13/h2-7H,8,13H2,1H3. The number of nitrogens with two attached hydrogens (primary N) is 1. The number of nitrogens with zero attached hydrogens (tertiary/aromatic N) is 2. The summed E-state index contributed by atoms with van der Waals surface area (Å²) in [5.74, 6) is 0.702. The van der Waals surface area contributed by atoms with E-state index in [-0.39, 0.29) is 0 Å². The molecule has 0 aliphatic heterocycles. The summed E-state index contributed by atoms with van der Waals surface area (Å²) in [4.78, 5) is 8.19. The van der Waals surface area contributed by atoms with Crippen LogP contribution in [0, 0.1) is 6.92 Å². The highest BCUT2D eigenvalue weighted by Crippen LogP contribution is 2.18. The lowest BCUT2D eigenvalue weighted by atomic mass is 10.2. The molecule has 0 radical (unpaired) electrons. The Balaban J connectivity index is 2.20. The van der Waals surface area contributed by atoms with E-state index in [9.17, 15) is 0 Å². The molecule has 1 aromatic carbocycles. The lowest BCUT2D eigenvalue weighted by molar-refractivity contribution is 0.440. The maximum Gasteiger partial charge on any atom is 0.322 e. The van der Waals surface area contributed by atoms with Crippen LogP contribution in [0.5, 0.6) is 11.8 Å². The maximum atomic E-state index is 5.55. The van der Waals surface area contributed by atoms with Crippen molar-refractivity contribution in [1.82, 2.24) is 9.97 Å². The molecule has 2 aromatic rings. The molecule has 0 fully saturated rings. The molecule has 0 unspecified atom stereocenters. The molecule has 4 nitrogen and oxygen atoms in total. The van der Waals surface area contributed by atoms with Crippen LogP contribution in [0.4, 0.5) is 0 Å². The lowest BCUT2D eigenvalue weighted by Gasteiger charge is -2.05. The predicted molar refractivity (Wildman–Crippen MR) is 61.2 cm³/mol. The summed E-state index contributed by atoms with van der Waals surface area (Å²) >= 11 is 0. The quantitative estimate of drug-likeness (QED) is 0.851. The number of hydrogen-bond acceptors (Lipinski definition) is 4. The largest absolute Gasteiger partial charge is 0.424 e. The highest BCUT2D eigenvalue weighted by molar-refractivity contribution is 5.30. The van der Waals surface area contributed by atoms with Crippen LogP contribution in [0.25, 0.3) is 0 Å². The van der Waals surface area contributed by atoms with Gasteiger partial charge in [-0.15, -0.1) is 0 Å². The van der Waals surface area contributed by atoms with E-state index in [1.54, 1.807) is 6.20 Å². The topological polar surface area (TPSA) is 61.0 Å². The van der Waals surface area contributed by atoms with E-state index in [2.05, 4.69) is 9.97 Å². The number of hydrogen-bond donors (Lipinski definition) is 1. The number of ether oxygens (including phenoxy) is 1. The smallest absolute Gasteiger partial charge is 0.322 e. The highest BCUT2D eigenvalue weighted by atomic mass is 16.5. The molecular formula is C12H13N3O. The molecule has 0 saturated heterocycles. The van der Waals surface area contributed by atoms with Gasteiger partial charge in [-0.05, 0) is 30.7 Å². The first-order valence-corrected chi connectivity index (χ1v) is 5.04. The van der Waals surface area contributed by atoms with Gasteiger partial charge in [-0.3, -0.25) is 0 Å². The van der Waals surface area contributed by atoms with Crippen LogP contribution in [-0.4, -0.2) is 9.97 Å². The van der Waals surface area contributed by atoms with Crippen LogP contribution in [0.3, 0.4) is 0 Å². The summed E-state index contributed by atoms with van der Waals surface area (Å²) in [5.41, 5.74) is 7.44. The van der Waals surface area contributed by atoms with E-state index < -0.39 is 0 Å². The second-order valence-corrected chi connectivity index (χ2v) is 3.43. The fourth-order valence-corrected chi connectivity index (χ4v) is 1.32. The summed E-state index contributed by atoms with van der Waals surface area (Å²) in [7, 11) is 0. The number of benzene rings is 1. The first-order chi connectivity index (χ1) is 7.78. The predicted octanol–water partition coefficient (Wildman–Crippen LogP) is 2.04. The van der Waals surface area contributed by atoms with Gasteiger partial charge in [0.15, 0.2) is 0 Å². The SMILES string of the molecule is Cc1ccnc(Oc2cccc(CN)c2)n1. The monoisotopic (exact) mass is 215 g/mol. The Labute approximate surface area is 94.1 Å². The van der Waals surface area contributed by atoms with Crippen LogP contribution < -0.4 is 10.5 Å². The van der Waals surface area contributed by atoms with E-state index in [0.717, 1.165) is 11.3 Å². The van der Waals surface area contributed by atoms with Gasteiger partial charge in [0.2, 0.25) is 0 Å². The molecule has 0 saturated carbocycles. The minimum atomic E-state index is 0.356. The van der Waals surface area contributed by atoms with Crippen LogP contribution in [-0.2, 0) is 6.54 Å². The number of aryl methyl sites for hydroxylation is 1. The molecule has 1 heterocycles. The molecule has 0 atom stereocenters. The Hall–Kier alpha value is -1.94. The van der Waals surface area contributed by atoms with Gasteiger partial charge >= 0.3 is 6.01 Å². The molecule has 0 bridgehead atoms. The van der Waals surface area contributed by atoms with Crippen LogP contribution >= 0.6 is 0 Å². The zero-order valence-electron chi connectivity index (χ0n) is 9.05. The Kier molecular flexibility index (Phi) is 3.12. The van der Waals surface area contributed by atoms with Crippen LogP contribution in [0.2, 0.25) is 0 Å². The van der Waals surface area contributed by atoms with Crippen molar-refractivity contribution in [3.05, 3.63) is 47.8 Å². The Morgan fingerprint density at radius 1 is 1.31 bits per heavy atom. The van der Waals surface area contributed by atoms with E-state index in [1.165, 1.54) is 0 Å². The average molecular weight is 215 g/mol. The third kappa shape index (κ3) is 2.55. The molecule has 16 heavy (non-hydrogen) atoms. The average Bonchev–Trinajstić information content (AvgIpc) is 2.29. The van der Waals surface area contributed by atoms with Gasteiger partial charge < -0.3 is 10.5 Å². The molecule has 0 spiro atoms. The van der Waals surface area contributed by atoms with Gasteiger partial charge in [0.1, 0.15) is 5.75 Å². The highest BCUT2D eigenvalue weighted by Gasteiger charge is 2.00. The Bertz CT molecular complexity index is 485. The van der Waals surface area contributed by atoms with Gasteiger partial charge in [0.25, 0.3) is 0 Å². The van der Waals surface area contributed by atoms with Crippen molar-refractivity contribution in [3.8, 4) is 11.8 Å². The fraction of sp³-hybridized carbons (Fsp3) is 0.167. The summed E-state index contributed by atoms with van der Waals surface area (Å²) in [6, 6.07) is 9.76. The van der Waals surface area contributed by atoms with Gasteiger partial charge in [-0.2, -0.15) is 0 Å². The van der Waals surface area contributed by atoms with Gasteiger partial charge in [0.05, 0.1) is 0 Å². The van der Waals surface area contributed by atoms with E-state index >= 15 is 0 Å². The zero-order chi connectivity index (χ0) is 11.4. The molecular weight excluding hydrogens is 202 g/mol. The minimum absolute atomic E-state index is 0.356. The lowest BCUT2D eigenvalue weighted by Crippen LogP contribution is -1.97. The van der Waals surface area contributed by atoms with Gasteiger partial charge in [-0.1, -0.05) is 12.1 Å². The van der Waals surface area contributed by atoms with E-state index in [4.69, 9.17) is 10.5 Å². The van der Waals surface area contributed by atoms with Crippen molar-refractivity contribution in [2.45, 2.75) is 13.5 Å². The number of rotatable bonds is 3. The molecule has 0 aliphatic carbocycles. The molecule has 0 aliphatic rings. The third-order valence-corrected chi connectivity index (χ3v) is 2.12. The summed E-state index contributed by atoms with van der Waals surface area (Å²) < 4.78 is 5.52. The van der Waals surface area contributed by atoms with E-state index in [0.29, 0.717) is 18.3 Å². The van der Waals surface area contributed by atoms with Crippen molar-refractivity contribution in [2.24, 2.45) is 5.73 Å². The normalized spacial score (nSPS) is 10.1. The third-order valence-electron chi connectivity index (χ3n) is 2.12. The van der Waals surface area contributed by atoms with Crippen LogP contribution in [0.1, 0.15) is 11.3 Å². The first kappa shape index (κ1) is 10.6. The maximum absolute atomic E-state index is 5.55. The summed E-state index contributed by atoms with van der Waals surface area (Å²) in [6.07, 6.45) is 1.67. The summed E-state index contributed by atoms with van der Waals surface area (Å²) in [6.45, 7) is 2.39. The Morgan fingerprint density at radius 2 is 2.19 bits per heavy atom. The van der Waals surface area contributed by atoms with Gasteiger partial charge in [-0.25, -0.2) is 9.97 Å². The fourth-order valence-electron chi connectivity index (χ4n) is 1.32. The second kappa shape index (κ2) is 4.72. The van der Waals surface area contributed by atoms with Crippen molar-refractivity contribution < 1.29 is 4.74 Å². The van der Waals surface area contributed by atoms with Crippen LogP contribution in [0.15, 0.2) is 36.5 Å². The molecule has 2 N–H and O–H groups in total. The van der Waals surface area contributed by atoms with Crippen molar-refractivity contribution in [2.75, 3.05) is 0 Å². The van der Waals surface area contributed by atoms with Crippen molar-refractivity contribution in [1.29, 1.82) is 0 Å². The second-order valence-electron chi connectivity index (χ2n) is 3.43. The molecule has 82 valence electrons. The molecule has 0 amide bonds.